The lowest BCUT2D eigenvalue weighted by Crippen LogP contribution is -2.16. The average molecular weight is 281 g/mol. The van der Waals surface area contributed by atoms with Crippen molar-refractivity contribution < 1.29 is 14.6 Å². The van der Waals surface area contributed by atoms with Crippen LogP contribution in [-0.4, -0.2) is 23.4 Å². The highest BCUT2D eigenvalue weighted by Crippen LogP contribution is 2.32. The highest BCUT2D eigenvalue weighted by atomic mass is 16.5. The number of hydrogen-bond donors (Lipinski definition) is 1. The second-order valence-corrected chi connectivity index (χ2v) is 5.09. The molecule has 1 heterocycles. The largest absolute Gasteiger partial charge is 0.485 e. The Morgan fingerprint density at radius 3 is 2.71 bits per heavy atom. The fraction of sp³-hybridized carbons (Fsp3) is 0.176. The Balaban J connectivity index is 1.95. The number of carbonyl (C=O) groups is 1. The molecular weight excluding hydrogens is 266 g/mol. The number of aliphatic imine (C=N–C) groups is 1. The van der Waals surface area contributed by atoms with E-state index in [0.717, 1.165) is 16.8 Å². The maximum atomic E-state index is 10.8. The van der Waals surface area contributed by atoms with Gasteiger partial charge in [0.2, 0.25) is 0 Å². The van der Waals surface area contributed by atoms with Crippen molar-refractivity contribution in [3.63, 3.8) is 0 Å². The van der Waals surface area contributed by atoms with Crippen molar-refractivity contribution in [1.82, 2.24) is 0 Å². The van der Waals surface area contributed by atoms with Gasteiger partial charge in [0, 0.05) is 0 Å². The lowest BCUT2D eigenvalue weighted by atomic mass is 10.1. The van der Waals surface area contributed by atoms with Gasteiger partial charge in [-0.05, 0) is 30.2 Å². The lowest BCUT2D eigenvalue weighted by Gasteiger charge is -2.18. The van der Waals surface area contributed by atoms with E-state index in [1.165, 1.54) is 5.56 Å². The molecule has 0 atom stereocenters. The number of aliphatic carboxylic acids is 1. The molecule has 0 radical (unpaired) electrons. The van der Waals surface area contributed by atoms with Gasteiger partial charge in [-0.1, -0.05) is 35.9 Å². The minimum Gasteiger partial charge on any atom is -0.485 e. The summed E-state index contributed by atoms with van der Waals surface area (Å²) >= 11 is 0. The van der Waals surface area contributed by atoms with Crippen LogP contribution in [0.2, 0.25) is 0 Å². The third-order valence-electron chi connectivity index (χ3n) is 3.38. The number of fused-ring (bicyclic) bond motifs is 1. The zero-order chi connectivity index (χ0) is 14.8. The number of hydrogen-bond acceptors (Lipinski definition) is 3. The maximum absolute atomic E-state index is 10.8. The first-order valence-electron chi connectivity index (χ1n) is 6.74. The van der Waals surface area contributed by atoms with Gasteiger partial charge in [-0.2, -0.15) is 0 Å². The molecule has 0 saturated carbocycles. The average Bonchev–Trinajstić information content (AvgIpc) is 2.46. The number of nitrogens with zero attached hydrogens (tertiary/aromatic N) is 1. The monoisotopic (exact) mass is 281 g/mol. The molecule has 0 aromatic heterocycles. The van der Waals surface area contributed by atoms with Crippen molar-refractivity contribution in [2.75, 3.05) is 6.61 Å². The van der Waals surface area contributed by atoms with E-state index >= 15 is 0 Å². The molecule has 1 N–H and O–H groups in total. The van der Waals surface area contributed by atoms with E-state index in [2.05, 4.69) is 4.99 Å². The van der Waals surface area contributed by atoms with Gasteiger partial charge < -0.3 is 9.84 Å². The molecule has 1 aliphatic heterocycles. The third kappa shape index (κ3) is 2.94. The van der Waals surface area contributed by atoms with E-state index in [-0.39, 0.29) is 6.42 Å². The standard InChI is InChI=1S/C17H15NO3/c1-11-2-5-13(6-3-11)15-10-21-16-7-4-12(9-17(19)20)8-14(16)18-15/h2-8H,9-10H2,1H3,(H,19,20). The van der Waals surface area contributed by atoms with Gasteiger partial charge in [-0.15, -0.1) is 0 Å². The van der Waals surface area contributed by atoms with Crippen molar-refractivity contribution in [3.8, 4) is 5.75 Å². The number of aryl methyl sites for hydroxylation is 1. The maximum Gasteiger partial charge on any atom is 0.307 e. The Labute approximate surface area is 122 Å². The van der Waals surface area contributed by atoms with Gasteiger partial charge in [-0.25, -0.2) is 4.99 Å². The molecule has 2 aromatic carbocycles. The zero-order valence-corrected chi connectivity index (χ0v) is 11.7. The fourth-order valence-electron chi connectivity index (χ4n) is 2.27. The van der Waals surface area contributed by atoms with Crippen molar-refractivity contribution in [1.29, 1.82) is 0 Å². The van der Waals surface area contributed by atoms with Crippen molar-refractivity contribution in [3.05, 3.63) is 59.2 Å². The first-order chi connectivity index (χ1) is 10.1. The van der Waals surface area contributed by atoms with Crippen LogP contribution in [0.3, 0.4) is 0 Å². The van der Waals surface area contributed by atoms with Crippen molar-refractivity contribution >= 4 is 17.4 Å². The van der Waals surface area contributed by atoms with Crippen molar-refractivity contribution in [2.45, 2.75) is 13.3 Å². The Bertz CT molecular complexity index is 717. The predicted molar refractivity (Wildman–Crippen MR) is 80.7 cm³/mol. The molecule has 0 bridgehead atoms. The number of benzene rings is 2. The predicted octanol–water partition coefficient (Wildman–Crippen LogP) is 3.14. The second-order valence-electron chi connectivity index (χ2n) is 5.09. The first kappa shape index (κ1) is 13.4. The van der Waals surface area contributed by atoms with Gasteiger partial charge in [0.1, 0.15) is 18.0 Å². The highest BCUT2D eigenvalue weighted by molar-refractivity contribution is 6.04. The third-order valence-corrected chi connectivity index (χ3v) is 3.38. The summed E-state index contributed by atoms with van der Waals surface area (Å²) in [4.78, 5) is 15.4. The molecule has 2 aromatic rings. The molecule has 1 aliphatic rings. The SMILES string of the molecule is Cc1ccc(C2=Nc3cc(CC(=O)O)ccc3OC2)cc1. The van der Waals surface area contributed by atoms with Crippen LogP contribution in [0.15, 0.2) is 47.5 Å². The van der Waals surface area contributed by atoms with Crippen LogP contribution >= 0.6 is 0 Å². The molecule has 4 nitrogen and oxygen atoms in total. The summed E-state index contributed by atoms with van der Waals surface area (Å²) in [6, 6.07) is 13.4. The zero-order valence-electron chi connectivity index (χ0n) is 11.7. The second kappa shape index (κ2) is 5.40. The minimum absolute atomic E-state index is 0.0112. The summed E-state index contributed by atoms with van der Waals surface area (Å²) in [6.07, 6.45) is -0.0112. The summed E-state index contributed by atoms with van der Waals surface area (Å²) < 4.78 is 5.70. The van der Waals surface area contributed by atoms with Crippen LogP contribution in [0.5, 0.6) is 5.75 Å². The fourth-order valence-corrected chi connectivity index (χ4v) is 2.27. The summed E-state index contributed by atoms with van der Waals surface area (Å²) in [5, 5.41) is 8.86. The summed E-state index contributed by atoms with van der Waals surface area (Å²) in [5.41, 5.74) is 4.49. The van der Waals surface area contributed by atoms with Gasteiger partial charge in [0.25, 0.3) is 0 Å². The molecule has 0 unspecified atom stereocenters. The molecule has 4 heteroatoms. The molecule has 0 fully saturated rings. The molecule has 0 aliphatic carbocycles. The highest BCUT2D eigenvalue weighted by Gasteiger charge is 2.15. The molecule has 21 heavy (non-hydrogen) atoms. The molecule has 0 amide bonds. The van der Waals surface area contributed by atoms with E-state index in [0.29, 0.717) is 18.0 Å². The first-order valence-corrected chi connectivity index (χ1v) is 6.74. The topological polar surface area (TPSA) is 58.9 Å². The molecule has 3 rings (SSSR count). The van der Waals surface area contributed by atoms with Gasteiger partial charge in [0.05, 0.1) is 12.1 Å². The molecular formula is C17H15NO3. The Morgan fingerprint density at radius 1 is 1.24 bits per heavy atom. The number of rotatable bonds is 3. The van der Waals surface area contributed by atoms with Crippen molar-refractivity contribution in [2.24, 2.45) is 4.99 Å². The van der Waals surface area contributed by atoms with Gasteiger partial charge in [-0.3, -0.25) is 4.79 Å². The summed E-state index contributed by atoms with van der Waals surface area (Å²) in [7, 11) is 0. The van der Waals surface area contributed by atoms with E-state index in [4.69, 9.17) is 9.84 Å². The van der Waals surface area contributed by atoms with E-state index in [1.54, 1.807) is 18.2 Å². The summed E-state index contributed by atoms with van der Waals surface area (Å²) in [6.45, 7) is 2.46. The number of carboxylic acids is 1. The van der Waals surface area contributed by atoms with Gasteiger partial charge in [0.15, 0.2) is 0 Å². The van der Waals surface area contributed by atoms with E-state index in [1.807, 2.05) is 31.2 Å². The van der Waals surface area contributed by atoms with Crippen LogP contribution in [0.1, 0.15) is 16.7 Å². The smallest absolute Gasteiger partial charge is 0.307 e. The molecule has 0 saturated heterocycles. The minimum atomic E-state index is -0.852. The molecule has 106 valence electrons. The van der Waals surface area contributed by atoms with E-state index < -0.39 is 5.97 Å². The normalized spacial score (nSPS) is 13.1. The van der Waals surface area contributed by atoms with Crippen LogP contribution in [0, 0.1) is 6.92 Å². The quantitative estimate of drug-likeness (QED) is 0.940. The van der Waals surface area contributed by atoms with Crippen LogP contribution in [-0.2, 0) is 11.2 Å². The van der Waals surface area contributed by atoms with Crippen LogP contribution < -0.4 is 4.74 Å². The lowest BCUT2D eigenvalue weighted by molar-refractivity contribution is -0.136. The Morgan fingerprint density at radius 2 is 2.00 bits per heavy atom. The number of carboxylic acid groups (broad SMARTS) is 1. The Kier molecular flexibility index (Phi) is 3.44. The van der Waals surface area contributed by atoms with Gasteiger partial charge >= 0.3 is 5.97 Å². The van der Waals surface area contributed by atoms with E-state index in [9.17, 15) is 4.79 Å². The Hall–Kier alpha value is -2.62. The van der Waals surface area contributed by atoms with Crippen LogP contribution in [0.25, 0.3) is 0 Å². The molecule has 0 spiro atoms. The number of ether oxygens (including phenoxy) is 1. The summed E-state index contributed by atoms with van der Waals surface area (Å²) in [5.74, 6) is -0.158. The van der Waals surface area contributed by atoms with Crippen LogP contribution in [0.4, 0.5) is 5.69 Å².